The Morgan fingerprint density at radius 1 is 1.26 bits per heavy atom. The first-order valence-corrected chi connectivity index (χ1v) is 7.81. The van der Waals surface area contributed by atoms with Crippen LogP contribution in [0.4, 0.5) is 0 Å². The molecule has 0 spiro atoms. The van der Waals surface area contributed by atoms with Gasteiger partial charge in [-0.3, -0.25) is 0 Å². The zero-order valence-electron chi connectivity index (χ0n) is 11.4. The zero-order chi connectivity index (χ0) is 14.2. The summed E-state index contributed by atoms with van der Waals surface area (Å²) in [5.41, 5.74) is 1.12. The molecule has 0 aliphatic carbocycles. The van der Waals surface area contributed by atoms with Crippen LogP contribution in [0.3, 0.4) is 0 Å². The molecular formula is C14H18N2O2S. The van der Waals surface area contributed by atoms with Crippen LogP contribution >= 0.6 is 0 Å². The molecule has 1 aliphatic rings. The van der Waals surface area contributed by atoms with Crippen molar-refractivity contribution in [1.82, 2.24) is 4.31 Å². The molecule has 1 saturated heterocycles. The van der Waals surface area contributed by atoms with Gasteiger partial charge in [-0.05, 0) is 42.5 Å². The first-order chi connectivity index (χ1) is 8.86. The molecule has 0 aromatic heterocycles. The van der Waals surface area contributed by atoms with Crippen molar-refractivity contribution in [2.45, 2.75) is 25.7 Å². The Bertz CT molecular complexity index is 621. The average Bonchev–Trinajstić information content (AvgIpc) is 2.70. The quantitative estimate of drug-likeness (QED) is 0.832. The van der Waals surface area contributed by atoms with E-state index in [0.29, 0.717) is 40.9 Å². The summed E-state index contributed by atoms with van der Waals surface area (Å²) in [6, 6.07) is 6.74. The van der Waals surface area contributed by atoms with Gasteiger partial charge in [0.2, 0.25) is 10.0 Å². The van der Waals surface area contributed by atoms with E-state index in [1.165, 1.54) is 6.07 Å². The minimum absolute atomic E-state index is 0.313. The lowest BCUT2D eigenvalue weighted by Gasteiger charge is -2.17. The summed E-state index contributed by atoms with van der Waals surface area (Å²) in [5.74, 6) is 0.766. The maximum atomic E-state index is 12.6. The van der Waals surface area contributed by atoms with Crippen LogP contribution < -0.4 is 0 Å². The number of benzene rings is 1. The normalized spacial score (nSPS) is 24.3. The Kier molecular flexibility index (Phi) is 3.66. The van der Waals surface area contributed by atoms with Crippen molar-refractivity contribution in [3.05, 3.63) is 29.3 Å². The molecule has 0 N–H and O–H groups in total. The van der Waals surface area contributed by atoms with Crippen molar-refractivity contribution >= 4 is 10.0 Å². The van der Waals surface area contributed by atoms with Gasteiger partial charge >= 0.3 is 0 Å². The Morgan fingerprint density at radius 2 is 1.84 bits per heavy atom. The molecule has 2 unspecified atom stereocenters. The van der Waals surface area contributed by atoms with Gasteiger partial charge in [-0.15, -0.1) is 0 Å². The molecule has 0 amide bonds. The molecule has 102 valence electrons. The van der Waals surface area contributed by atoms with Crippen LogP contribution in [-0.2, 0) is 10.0 Å². The molecule has 0 radical (unpaired) electrons. The smallest absolute Gasteiger partial charge is 0.207 e. The number of sulfonamides is 1. The van der Waals surface area contributed by atoms with Crippen molar-refractivity contribution in [2.24, 2.45) is 11.8 Å². The van der Waals surface area contributed by atoms with Gasteiger partial charge in [0.15, 0.2) is 0 Å². The molecule has 1 aromatic carbocycles. The van der Waals surface area contributed by atoms with Gasteiger partial charge in [0.25, 0.3) is 0 Å². The molecule has 2 rings (SSSR count). The van der Waals surface area contributed by atoms with Crippen LogP contribution in [0.15, 0.2) is 23.1 Å². The third kappa shape index (κ3) is 2.51. The van der Waals surface area contributed by atoms with Gasteiger partial charge in [-0.1, -0.05) is 13.8 Å². The molecule has 1 aliphatic heterocycles. The molecule has 5 heteroatoms. The molecule has 0 saturated carbocycles. The molecule has 1 fully saturated rings. The van der Waals surface area contributed by atoms with Crippen molar-refractivity contribution < 1.29 is 8.42 Å². The van der Waals surface area contributed by atoms with E-state index in [-0.39, 0.29) is 0 Å². The number of nitriles is 1. The highest BCUT2D eigenvalue weighted by Gasteiger charge is 2.35. The second kappa shape index (κ2) is 4.95. The predicted molar refractivity (Wildman–Crippen MR) is 73.0 cm³/mol. The number of hydrogen-bond acceptors (Lipinski definition) is 3. The van der Waals surface area contributed by atoms with Crippen LogP contribution in [0.2, 0.25) is 0 Å². The maximum absolute atomic E-state index is 12.6. The van der Waals surface area contributed by atoms with E-state index in [1.807, 2.05) is 6.07 Å². The fourth-order valence-electron chi connectivity index (χ4n) is 2.42. The first-order valence-electron chi connectivity index (χ1n) is 6.37. The van der Waals surface area contributed by atoms with Gasteiger partial charge in [0.1, 0.15) is 0 Å². The third-order valence-electron chi connectivity index (χ3n) is 3.88. The Balaban J connectivity index is 2.39. The van der Waals surface area contributed by atoms with Crippen LogP contribution in [0.25, 0.3) is 0 Å². The van der Waals surface area contributed by atoms with Crippen LogP contribution in [0.5, 0.6) is 0 Å². The summed E-state index contributed by atoms with van der Waals surface area (Å²) in [6.45, 7) is 7.03. The lowest BCUT2D eigenvalue weighted by Crippen LogP contribution is -2.29. The Hall–Kier alpha value is -1.38. The lowest BCUT2D eigenvalue weighted by molar-refractivity contribution is 0.463. The number of nitrogens with zero attached hydrogens (tertiary/aromatic N) is 2. The van der Waals surface area contributed by atoms with Gasteiger partial charge in [0, 0.05) is 13.1 Å². The summed E-state index contributed by atoms with van der Waals surface area (Å²) in [5, 5.41) is 8.83. The Labute approximate surface area is 114 Å². The van der Waals surface area contributed by atoms with Crippen molar-refractivity contribution in [1.29, 1.82) is 5.26 Å². The Morgan fingerprint density at radius 3 is 2.32 bits per heavy atom. The summed E-state index contributed by atoms with van der Waals surface area (Å²) in [7, 11) is -3.44. The minimum atomic E-state index is -3.44. The SMILES string of the molecule is Cc1cc(C#N)ccc1S(=O)(=O)N1CC(C)C(C)C1. The summed E-state index contributed by atoms with van der Waals surface area (Å²) < 4.78 is 26.7. The lowest BCUT2D eigenvalue weighted by atomic mass is 10.0. The van der Waals surface area contributed by atoms with Gasteiger partial charge in [-0.2, -0.15) is 9.57 Å². The van der Waals surface area contributed by atoms with Crippen molar-refractivity contribution in [2.75, 3.05) is 13.1 Å². The van der Waals surface area contributed by atoms with E-state index in [4.69, 9.17) is 5.26 Å². The van der Waals surface area contributed by atoms with E-state index in [0.717, 1.165) is 0 Å². The van der Waals surface area contributed by atoms with Gasteiger partial charge in [0.05, 0.1) is 16.5 Å². The molecule has 2 atom stereocenters. The topological polar surface area (TPSA) is 61.2 Å². The highest BCUT2D eigenvalue weighted by Crippen LogP contribution is 2.29. The second-order valence-corrected chi connectivity index (χ2v) is 7.28. The first kappa shape index (κ1) is 14.0. The third-order valence-corrected chi connectivity index (χ3v) is 5.87. The number of aryl methyl sites for hydroxylation is 1. The van der Waals surface area contributed by atoms with E-state index in [1.54, 1.807) is 23.4 Å². The number of hydrogen-bond donors (Lipinski definition) is 0. The largest absolute Gasteiger partial charge is 0.243 e. The van der Waals surface area contributed by atoms with Gasteiger partial charge in [-0.25, -0.2) is 8.42 Å². The van der Waals surface area contributed by atoms with Crippen LogP contribution in [0, 0.1) is 30.1 Å². The second-order valence-electron chi connectivity index (χ2n) is 5.37. The van der Waals surface area contributed by atoms with E-state index >= 15 is 0 Å². The standard InChI is InChI=1S/C14H18N2O2S/c1-10-6-13(7-15)4-5-14(10)19(17,18)16-8-11(2)12(3)9-16/h4-6,11-12H,8-9H2,1-3H3. The molecule has 0 bridgehead atoms. The average molecular weight is 278 g/mol. The van der Waals surface area contributed by atoms with Gasteiger partial charge < -0.3 is 0 Å². The van der Waals surface area contributed by atoms with Crippen LogP contribution in [-0.4, -0.2) is 25.8 Å². The molecule has 1 aromatic rings. The number of rotatable bonds is 2. The van der Waals surface area contributed by atoms with E-state index in [2.05, 4.69) is 13.8 Å². The maximum Gasteiger partial charge on any atom is 0.243 e. The fourth-order valence-corrected chi connectivity index (χ4v) is 4.27. The molecule has 4 nitrogen and oxygen atoms in total. The fraction of sp³-hybridized carbons (Fsp3) is 0.500. The minimum Gasteiger partial charge on any atom is -0.207 e. The summed E-state index contributed by atoms with van der Waals surface area (Å²) in [6.07, 6.45) is 0. The monoisotopic (exact) mass is 278 g/mol. The van der Waals surface area contributed by atoms with Crippen molar-refractivity contribution in [3.8, 4) is 6.07 Å². The summed E-state index contributed by atoms with van der Waals surface area (Å²) in [4.78, 5) is 0.313. The highest BCUT2D eigenvalue weighted by molar-refractivity contribution is 7.89. The molecule has 1 heterocycles. The molecule has 19 heavy (non-hydrogen) atoms. The zero-order valence-corrected chi connectivity index (χ0v) is 12.2. The molecular weight excluding hydrogens is 260 g/mol. The van der Waals surface area contributed by atoms with E-state index in [9.17, 15) is 8.42 Å². The van der Waals surface area contributed by atoms with Crippen molar-refractivity contribution in [3.63, 3.8) is 0 Å². The highest BCUT2D eigenvalue weighted by atomic mass is 32.2. The van der Waals surface area contributed by atoms with E-state index < -0.39 is 10.0 Å². The van der Waals surface area contributed by atoms with Crippen LogP contribution in [0.1, 0.15) is 25.0 Å². The summed E-state index contributed by atoms with van der Waals surface area (Å²) >= 11 is 0. The predicted octanol–water partition coefficient (Wildman–Crippen LogP) is 2.14.